The molecule has 15 heavy (non-hydrogen) atoms. The fraction of sp³-hybridized carbons (Fsp3) is 1.00. The number of rotatable bonds is 10. The number of hydrogen-bond acceptors (Lipinski definition) is 0. The average Bonchev–Trinajstić information content (AvgIpc) is 2.28. The highest BCUT2D eigenvalue weighted by molar-refractivity contribution is 4.72. The third kappa shape index (κ3) is 7.84. The number of unbranched alkanes of at least 4 members (excludes halogenated alkanes) is 2. The smallest absolute Gasteiger partial charge is 0.0246 e. The first kappa shape index (κ1) is 15.0. The molecule has 0 amide bonds. The fourth-order valence-electron chi connectivity index (χ4n) is 1.95. The van der Waals surface area contributed by atoms with Gasteiger partial charge in [-0.25, -0.2) is 5.32 Å². The summed E-state index contributed by atoms with van der Waals surface area (Å²) in [4.78, 5) is 0. The van der Waals surface area contributed by atoms with Crippen molar-refractivity contribution in [2.75, 3.05) is 0 Å². The minimum absolute atomic E-state index is 0.631. The Hall–Kier alpha value is -0.0400. The van der Waals surface area contributed by atoms with E-state index in [1.807, 2.05) is 0 Å². The zero-order chi connectivity index (χ0) is 11.5. The van der Waals surface area contributed by atoms with Gasteiger partial charge in [-0.1, -0.05) is 53.4 Å². The summed E-state index contributed by atoms with van der Waals surface area (Å²) in [6, 6.07) is 1.26. The molecule has 0 spiro atoms. The molecule has 0 rings (SSSR count). The fourth-order valence-corrected chi connectivity index (χ4v) is 1.95. The van der Waals surface area contributed by atoms with E-state index in [9.17, 15) is 0 Å². The van der Waals surface area contributed by atoms with Gasteiger partial charge in [-0.15, -0.1) is 0 Å². The normalized spacial score (nSPS) is 15.2. The van der Waals surface area contributed by atoms with Crippen molar-refractivity contribution in [2.45, 2.75) is 91.1 Å². The lowest BCUT2D eigenvalue weighted by molar-refractivity contribution is 0.354. The van der Waals surface area contributed by atoms with Gasteiger partial charge in [0.15, 0.2) is 0 Å². The van der Waals surface area contributed by atoms with Crippen molar-refractivity contribution < 1.29 is 0 Å². The molecule has 91 valence electrons. The Bertz CT molecular complexity index is 109. The molecular weight excluding hydrogens is 182 g/mol. The third-order valence-electron chi connectivity index (χ3n) is 3.15. The van der Waals surface area contributed by atoms with E-state index in [0.29, 0.717) is 12.1 Å². The van der Waals surface area contributed by atoms with Crippen LogP contribution in [0, 0.1) is 0 Å². The highest BCUT2D eigenvalue weighted by Gasteiger charge is 2.13. The van der Waals surface area contributed by atoms with Crippen LogP contribution in [0.15, 0.2) is 0 Å². The predicted octanol–water partition coefficient (Wildman–Crippen LogP) is 4.53. The lowest BCUT2D eigenvalue weighted by Gasteiger charge is -2.22. The zero-order valence-electron chi connectivity index (χ0n) is 11.3. The Balaban J connectivity index is 3.77. The summed E-state index contributed by atoms with van der Waals surface area (Å²) in [7, 11) is 0. The first-order valence-corrected chi connectivity index (χ1v) is 6.98. The predicted molar refractivity (Wildman–Crippen MR) is 69.3 cm³/mol. The van der Waals surface area contributed by atoms with E-state index in [1.54, 1.807) is 0 Å². The van der Waals surface area contributed by atoms with Crippen LogP contribution in [0.3, 0.4) is 0 Å². The Labute approximate surface area is 97.0 Å². The molecule has 0 aromatic carbocycles. The second-order valence-electron chi connectivity index (χ2n) is 4.56. The molecule has 2 atom stereocenters. The first-order chi connectivity index (χ1) is 7.28. The van der Waals surface area contributed by atoms with E-state index in [0.717, 1.165) is 0 Å². The molecule has 0 aromatic rings. The second-order valence-corrected chi connectivity index (χ2v) is 4.56. The molecule has 0 aliphatic carbocycles. The van der Waals surface area contributed by atoms with Gasteiger partial charge in [0.05, 0.1) is 0 Å². The molecule has 0 bridgehead atoms. The monoisotopic (exact) mass is 212 g/mol. The van der Waals surface area contributed by atoms with Crippen molar-refractivity contribution in [3.8, 4) is 0 Å². The van der Waals surface area contributed by atoms with E-state index >= 15 is 0 Å². The zero-order valence-corrected chi connectivity index (χ0v) is 11.3. The summed E-state index contributed by atoms with van der Waals surface area (Å²) in [5.74, 6) is 0. The number of hydrogen-bond donors (Lipinski definition) is 0. The van der Waals surface area contributed by atoms with E-state index in [-0.39, 0.29) is 0 Å². The van der Waals surface area contributed by atoms with Crippen LogP contribution >= 0.6 is 0 Å². The number of nitrogens with zero attached hydrogens (tertiary/aromatic N) is 1. The Morgan fingerprint density at radius 1 is 0.733 bits per heavy atom. The molecule has 0 aromatic heterocycles. The summed E-state index contributed by atoms with van der Waals surface area (Å²) < 4.78 is 0. The highest BCUT2D eigenvalue weighted by atomic mass is 14.9. The molecule has 0 saturated carbocycles. The van der Waals surface area contributed by atoms with Crippen molar-refractivity contribution in [3.05, 3.63) is 0 Å². The van der Waals surface area contributed by atoms with Crippen molar-refractivity contribution >= 4 is 0 Å². The van der Waals surface area contributed by atoms with Crippen LogP contribution in [-0.4, -0.2) is 12.1 Å². The van der Waals surface area contributed by atoms with Gasteiger partial charge < -0.3 is 0 Å². The van der Waals surface area contributed by atoms with Crippen LogP contribution in [0.2, 0.25) is 0 Å². The molecule has 0 fully saturated rings. The molecule has 0 saturated heterocycles. The topological polar surface area (TPSA) is 14.1 Å². The summed E-state index contributed by atoms with van der Waals surface area (Å²) in [6.45, 7) is 9.08. The highest BCUT2D eigenvalue weighted by Crippen LogP contribution is 2.12. The molecule has 1 radical (unpaired) electrons. The quantitative estimate of drug-likeness (QED) is 0.505. The molecule has 0 aliphatic rings. The summed E-state index contributed by atoms with van der Waals surface area (Å²) in [5, 5.41) is 4.99. The van der Waals surface area contributed by atoms with E-state index in [2.05, 4.69) is 27.7 Å². The Morgan fingerprint density at radius 2 is 1.13 bits per heavy atom. The molecule has 1 nitrogen and oxygen atoms in total. The largest absolute Gasteiger partial charge is 0.235 e. The van der Waals surface area contributed by atoms with Crippen molar-refractivity contribution in [2.24, 2.45) is 0 Å². The maximum absolute atomic E-state index is 4.99. The maximum Gasteiger partial charge on any atom is 0.0246 e. The van der Waals surface area contributed by atoms with Gasteiger partial charge in [0, 0.05) is 12.1 Å². The van der Waals surface area contributed by atoms with Crippen molar-refractivity contribution in [1.29, 1.82) is 0 Å². The van der Waals surface area contributed by atoms with Crippen LogP contribution < -0.4 is 5.32 Å². The summed E-state index contributed by atoms with van der Waals surface area (Å²) in [5.41, 5.74) is 0. The Morgan fingerprint density at radius 3 is 1.40 bits per heavy atom. The van der Waals surface area contributed by atoms with E-state index in [1.165, 1.54) is 51.4 Å². The SMILES string of the molecule is CCCCC(CC)[N]C(CC)CCCC. The minimum atomic E-state index is 0.631. The van der Waals surface area contributed by atoms with Gasteiger partial charge in [-0.05, 0) is 25.7 Å². The van der Waals surface area contributed by atoms with Crippen molar-refractivity contribution in [1.82, 2.24) is 5.32 Å². The van der Waals surface area contributed by atoms with Crippen LogP contribution in [0.1, 0.15) is 79.1 Å². The molecule has 1 heteroatoms. The van der Waals surface area contributed by atoms with E-state index in [4.69, 9.17) is 5.32 Å². The van der Waals surface area contributed by atoms with Crippen molar-refractivity contribution in [3.63, 3.8) is 0 Å². The van der Waals surface area contributed by atoms with Gasteiger partial charge in [0.2, 0.25) is 0 Å². The van der Waals surface area contributed by atoms with Crippen LogP contribution in [0.4, 0.5) is 0 Å². The molecular formula is C14H30N. The molecule has 0 N–H and O–H groups in total. The van der Waals surface area contributed by atoms with Gasteiger partial charge >= 0.3 is 0 Å². The van der Waals surface area contributed by atoms with Crippen LogP contribution in [-0.2, 0) is 0 Å². The third-order valence-corrected chi connectivity index (χ3v) is 3.15. The maximum atomic E-state index is 4.99. The first-order valence-electron chi connectivity index (χ1n) is 6.98. The van der Waals surface area contributed by atoms with Crippen LogP contribution in [0.25, 0.3) is 0 Å². The minimum Gasteiger partial charge on any atom is -0.235 e. The van der Waals surface area contributed by atoms with Crippen LogP contribution in [0.5, 0.6) is 0 Å². The van der Waals surface area contributed by atoms with Gasteiger partial charge in [0.25, 0.3) is 0 Å². The van der Waals surface area contributed by atoms with Gasteiger partial charge in [-0.2, -0.15) is 0 Å². The molecule has 0 heterocycles. The van der Waals surface area contributed by atoms with Gasteiger partial charge in [0.1, 0.15) is 0 Å². The summed E-state index contributed by atoms with van der Waals surface area (Å²) in [6.07, 6.45) is 10.3. The average molecular weight is 212 g/mol. The lowest BCUT2D eigenvalue weighted by Crippen LogP contribution is -2.30. The Kier molecular flexibility index (Phi) is 10.4. The summed E-state index contributed by atoms with van der Waals surface area (Å²) >= 11 is 0. The second kappa shape index (κ2) is 10.5. The standard InChI is InChI=1S/C14H30N/c1-5-9-11-13(7-3)15-14(8-4)12-10-6-2/h13-14H,5-12H2,1-4H3. The van der Waals surface area contributed by atoms with Gasteiger partial charge in [-0.3, -0.25) is 0 Å². The molecule has 2 unspecified atom stereocenters. The van der Waals surface area contributed by atoms with E-state index < -0.39 is 0 Å². The lowest BCUT2D eigenvalue weighted by atomic mass is 10.0. The molecule has 0 aliphatic heterocycles.